The van der Waals surface area contributed by atoms with Crippen molar-refractivity contribution >= 4 is 38.6 Å². The van der Waals surface area contributed by atoms with E-state index in [1.807, 2.05) is 36.4 Å². The molecule has 0 aliphatic carbocycles. The van der Waals surface area contributed by atoms with Gasteiger partial charge in [-0.25, -0.2) is 8.42 Å². The third-order valence-electron chi connectivity index (χ3n) is 5.42. The number of ether oxygens (including phenoxy) is 1. The van der Waals surface area contributed by atoms with Crippen molar-refractivity contribution in [3.8, 4) is 5.75 Å². The Labute approximate surface area is 192 Å². The molecule has 8 nitrogen and oxygen atoms in total. The van der Waals surface area contributed by atoms with Crippen LogP contribution in [0, 0.1) is 0 Å². The monoisotopic (exact) mass is 467 g/mol. The number of carbonyl (C=O) groups excluding carboxylic acids is 1. The number of carbonyl (C=O) groups is 1. The molecule has 0 unspecified atom stereocenters. The van der Waals surface area contributed by atoms with E-state index in [1.54, 1.807) is 19.2 Å². The van der Waals surface area contributed by atoms with Crippen LogP contribution in [0.15, 0.2) is 70.7 Å². The highest BCUT2D eigenvalue weighted by Crippen LogP contribution is 2.26. The molecule has 0 saturated carbocycles. The zero-order valence-electron chi connectivity index (χ0n) is 18.2. The molecule has 9 heteroatoms. The van der Waals surface area contributed by atoms with E-state index in [2.05, 4.69) is 10.5 Å². The molecule has 3 aromatic carbocycles. The van der Waals surface area contributed by atoms with Gasteiger partial charge < -0.3 is 14.9 Å². The van der Waals surface area contributed by atoms with E-state index in [4.69, 9.17) is 9.57 Å². The van der Waals surface area contributed by atoms with Crippen LogP contribution in [-0.2, 0) is 19.7 Å². The topological polar surface area (TPSA) is 97.3 Å². The van der Waals surface area contributed by atoms with Crippen LogP contribution in [-0.4, -0.2) is 51.7 Å². The van der Waals surface area contributed by atoms with E-state index in [-0.39, 0.29) is 11.5 Å². The second-order valence-electron chi connectivity index (χ2n) is 7.60. The lowest BCUT2D eigenvalue weighted by atomic mass is 10.0. The van der Waals surface area contributed by atoms with Gasteiger partial charge in [0.2, 0.25) is 10.0 Å². The van der Waals surface area contributed by atoms with Gasteiger partial charge in [0.1, 0.15) is 5.75 Å². The Bertz CT molecular complexity index is 1280. The second kappa shape index (κ2) is 10.0. The molecule has 33 heavy (non-hydrogen) atoms. The summed E-state index contributed by atoms with van der Waals surface area (Å²) in [5.41, 5.74) is 1.12. The fourth-order valence-electron chi connectivity index (χ4n) is 3.78. The van der Waals surface area contributed by atoms with E-state index in [0.29, 0.717) is 24.5 Å². The van der Waals surface area contributed by atoms with E-state index < -0.39 is 15.9 Å². The average molecular weight is 468 g/mol. The summed E-state index contributed by atoms with van der Waals surface area (Å²) in [7, 11) is -1.98. The molecule has 4 rings (SSSR count). The molecule has 0 bridgehead atoms. The molecule has 1 amide bonds. The molecule has 1 fully saturated rings. The van der Waals surface area contributed by atoms with Gasteiger partial charge in [0, 0.05) is 24.3 Å². The number of rotatable bonds is 8. The van der Waals surface area contributed by atoms with Crippen LogP contribution in [0.4, 0.5) is 5.69 Å². The van der Waals surface area contributed by atoms with Gasteiger partial charge in [0.15, 0.2) is 6.61 Å². The van der Waals surface area contributed by atoms with Crippen molar-refractivity contribution in [1.29, 1.82) is 0 Å². The lowest BCUT2D eigenvalue weighted by Crippen LogP contribution is -2.28. The third-order valence-corrected chi connectivity index (χ3v) is 7.32. The van der Waals surface area contributed by atoms with Crippen LogP contribution in [0.25, 0.3) is 10.8 Å². The molecule has 1 heterocycles. The van der Waals surface area contributed by atoms with Crippen molar-refractivity contribution in [2.75, 3.05) is 32.1 Å². The van der Waals surface area contributed by atoms with Crippen LogP contribution in [0.3, 0.4) is 0 Å². The number of hydrogen-bond donors (Lipinski definition) is 1. The van der Waals surface area contributed by atoms with E-state index >= 15 is 0 Å². The molecule has 1 N–H and O–H groups in total. The summed E-state index contributed by atoms with van der Waals surface area (Å²) in [6.07, 6.45) is 3.23. The van der Waals surface area contributed by atoms with Gasteiger partial charge in [-0.1, -0.05) is 41.6 Å². The number of hydrogen-bond acceptors (Lipinski definition) is 6. The first-order chi connectivity index (χ1) is 16.0. The maximum atomic E-state index is 12.7. The van der Waals surface area contributed by atoms with Crippen LogP contribution < -0.4 is 10.1 Å². The van der Waals surface area contributed by atoms with Crippen molar-refractivity contribution in [2.24, 2.45) is 5.16 Å². The molecule has 0 aromatic heterocycles. The zero-order chi connectivity index (χ0) is 23.3. The van der Waals surface area contributed by atoms with Crippen LogP contribution in [0.2, 0.25) is 0 Å². The number of amides is 1. The lowest BCUT2D eigenvalue weighted by Gasteiger charge is -2.16. The largest absolute Gasteiger partial charge is 0.496 e. The second-order valence-corrected chi connectivity index (χ2v) is 9.54. The number of fused-ring (bicyclic) bond motifs is 1. The van der Waals surface area contributed by atoms with Gasteiger partial charge in [-0.05, 0) is 47.9 Å². The molecular weight excluding hydrogens is 442 g/mol. The first-order valence-electron chi connectivity index (χ1n) is 10.6. The fraction of sp³-hybridized carbons (Fsp3) is 0.250. The van der Waals surface area contributed by atoms with Crippen molar-refractivity contribution < 1.29 is 22.8 Å². The Morgan fingerprint density at radius 2 is 1.88 bits per heavy atom. The van der Waals surface area contributed by atoms with Crippen LogP contribution in [0.5, 0.6) is 5.75 Å². The Balaban J connectivity index is 1.39. The minimum Gasteiger partial charge on any atom is -0.496 e. The summed E-state index contributed by atoms with van der Waals surface area (Å²) in [6.45, 7) is 0.713. The molecule has 3 aromatic rings. The van der Waals surface area contributed by atoms with Gasteiger partial charge in [-0.2, -0.15) is 4.31 Å². The predicted octanol–water partition coefficient (Wildman–Crippen LogP) is 3.62. The summed E-state index contributed by atoms with van der Waals surface area (Å²) in [5.74, 6) is 0.189. The normalized spacial score (nSPS) is 14.6. The van der Waals surface area contributed by atoms with Crippen molar-refractivity contribution in [1.82, 2.24) is 4.31 Å². The van der Waals surface area contributed by atoms with Gasteiger partial charge in [-0.3, -0.25) is 4.79 Å². The van der Waals surface area contributed by atoms with Crippen molar-refractivity contribution in [3.05, 3.63) is 66.2 Å². The molecule has 172 valence electrons. The van der Waals surface area contributed by atoms with Crippen molar-refractivity contribution in [3.63, 3.8) is 0 Å². The van der Waals surface area contributed by atoms with Gasteiger partial charge in [0.25, 0.3) is 5.91 Å². The van der Waals surface area contributed by atoms with Gasteiger partial charge >= 0.3 is 0 Å². The number of nitrogens with zero attached hydrogens (tertiary/aromatic N) is 2. The Hall–Kier alpha value is -3.43. The number of benzene rings is 3. The SMILES string of the molecule is COc1ccc2ccccc2c1C=NOCC(=O)Nc1cccc(S(=O)(=O)N2CCCC2)c1. The predicted molar refractivity (Wildman–Crippen MR) is 127 cm³/mol. The van der Waals surface area contributed by atoms with Gasteiger partial charge in [-0.15, -0.1) is 0 Å². The molecule has 0 atom stereocenters. The smallest absolute Gasteiger partial charge is 0.265 e. The molecule has 1 saturated heterocycles. The van der Waals surface area contributed by atoms with Crippen molar-refractivity contribution in [2.45, 2.75) is 17.7 Å². The number of oxime groups is 1. The number of anilines is 1. The fourth-order valence-corrected chi connectivity index (χ4v) is 5.35. The minimum atomic E-state index is -3.56. The standard InChI is InChI=1S/C24H25N3O5S/c1-31-23-12-11-18-7-2-3-10-21(18)22(23)16-25-32-17-24(28)26-19-8-6-9-20(15-19)33(29,30)27-13-4-5-14-27/h2-3,6-12,15-16H,4-5,13-14,17H2,1H3,(H,26,28). The lowest BCUT2D eigenvalue weighted by molar-refractivity contribution is -0.120. The first kappa shape index (κ1) is 22.8. The minimum absolute atomic E-state index is 0.157. The Kier molecular flexibility index (Phi) is 6.90. The number of methoxy groups -OCH3 is 1. The van der Waals surface area contributed by atoms with E-state index in [9.17, 15) is 13.2 Å². The highest BCUT2D eigenvalue weighted by atomic mass is 32.2. The van der Waals surface area contributed by atoms with Crippen LogP contribution in [0.1, 0.15) is 18.4 Å². The zero-order valence-corrected chi connectivity index (χ0v) is 19.0. The maximum Gasteiger partial charge on any atom is 0.265 e. The molecule has 0 radical (unpaired) electrons. The highest BCUT2D eigenvalue weighted by Gasteiger charge is 2.27. The summed E-state index contributed by atoms with van der Waals surface area (Å²) in [6, 6.07) is 17.8. The van der Waals surface area contributed by atoms with Crippen LogP contribution >= 0.6 is 0 Å². The summed E-state index contributed by atoms with van der Waals surface area (Å²) in [5, 5.41) is 8.55. The molecule has 0 spiro atoms. The summed E-state index contributed by atoms with van der Waals surface area (Å²) < 4.78 is 32.3. The quantitative estimate of drug-likeness (QED) is 0.403. The average Bonchev–Trinajstić information content (AvgIpc) is 3.38. The van der Waals surface area contributed by atoms with E-state index in [0.717, 1.165) is 29.2 Å². The molecule has 1 aliphatic heterocycles. The van der Waals surface area contributed by atoms with E-state index in [1.165, 1.54) is 22.7 Å². The third kappa shape index (κ3) is 5.15. The first-order valence-corrected chi connectivity index (χ1v) is 12.0. The summed E-state index contributed by atoms with van der Waals surface area (Å²) in [4.78, 5) is 17.6. The Morgan fingerprint density at radius 1 is 1.09 bits per heavy atom. The van der Waals surface area contributed by atoms with Gasteiger partial charge in [0.05, 0.1) is 18.2 Å². The summed E-state index contributed by atoms with van der Waals surface area (Å²) >= 11 is 0. The Morgan fingerprint density at radius 3 is 2.67 bits per heavy atom. The molecule has 1 aliphatic rings. The number of nitrogens with one attached hydrogen (secondary N) is 1. The highest BCUT2D eigenvalue weighted by molar-refractivity contribution is 7.89. The maximum absolute atomic E-state index is 12.7. The number of sulfonamides is 1. The molecular formula is C24H25N3O5S.